The number of benzene rings is 2. The zero-order chi connectivity index (χ0) is 17.5. The molecule has 0 saturated carbocycles. The average molecular weight is 324 g/mol. The van der Waals surface area contributed by atoms with Crippen molar-refractivity contribution in [1.82, 2.24) is 0 Å². The smallest absolute Gasteiger partial charge is 0.270 e. The molecule has 1 N–H and O–H groups in total. The first-order valence-electron chi connectivity index (χ1n) is 7.83. The standard InChI is InChI=1S/C19H20N2O3/c1-3-14(2)16-8-10-17(11-9-16)20-19(22)12-7-15-5-4-6-18(13-15)21(23)24/h4-14H,3H2,1-2H3,(H,20,22)/b12-7-/t14-/m1/s1. The second-order valence-corrected chi connectivity index (χ2v) is 5.61. The van der Waals surface area contributed by atoms with E-state index in [4.69, 9.17) is 0 Å². The van der Waals surface area contributed by atoms with Gasteiger partial charge in [-0.3, -0.25) is 14.9 Å². The highest BCUT2D eigenvalue weighted by Gasteiger charge is 2.05. The second kappa shape index (κ2) is 8.06. The molecule has 0 aromatic heterocycles. The molecular formula is C19H20N2O3. The monoisotopic (exact) mass is 324 g/mol. The first-order valence-corrected chi connectivity index (χ1v) is 7.83. The van der Waals surface area contributed by atoms with Crippen LogP contribution in [0.3, 0.4) is 0 Å². The summed E-state index contributed by atoms with van der Waals surface area (Å²) in [6.45, 7) is 4.30. The van der Waals surface area contributed by atoms with Crippen molar-refractivity contribution in [3.63, 3.8) is 0 Å². The van der Waals surface area contributed by atoms with Gasteiger partial charge < -0.3 is 5.32 Å². The number of nitrogens with one attached hydrogen (secondary N) is 1. The fraction of sp³-hybridized carbons (Fsp3) is 0.211. The van der Waals surface area contributed by atoms with Gasteiger partial charge in [0, 0.05) is 23.9 Å². The van der Waals surface area contributed by atoms with E-state index in [0.29, 0.717) is 11.5 Å². The minimum absolute atomic E-state index is 0.00168. The Morgan fingerprint density at radius 1 is 1.25 bits per heavy atom. The minimum atomic E-state index is -0.462. The lowest BCUT2D eigenvalue weighted by Gasteiger charge is -2.09. The first kappa shape index (κ1) is 17.4. The van der Waals surface area contributed by atoms with Crippen LogP contribution in [0.15, 0.2) is 54.6 Å². The van der Waals surface area contributed by atoms with Crippen LogP contribution in [-0.4, -0.2) is 10.8 Å². The average Bonchev–Trinajstić information content (AvgIpc) is 2.60. The van der Waals surface area contributed by atoms with E-state index in [0.717, 1.165) is 12.1 Å². The molecule has 0 bridgehead atoms. The van der Waals surface area contributed by atoms with Crippen molar-refractivity contribution in [1.29, 1.82) is 0 Å². The van der Waals surface area contributed by atoms with Crippen LogP contribution >= 0.6 is 0 Å². The molecule has 0 spiro atoms. The van der Waals surface area contributed by atoms with Crippen molar-refractivity contribution in [3.8, 4) is 0 Å². The SMILES string of the molecule is CC[C@@H](C)c1ccc(NC(=O)/C=C\c2cccc([N+](=O)[O-])c2)cc1. The number of hydrogen-bond acceptors (Lipinski definition) is 3. The van der Waals surface area contributed by atoms with Gasteiger partial charge in [0.05, 0.1) is 4.92 Å². The van der Waals surface area contributed by atoms with E-state index in [9.17, 15) is 14.9 Å². The van der Waals surface area contributed by atoms with Crippen LogP contribution in [0.5, 0.6) is 0 Å². The maximum absolute atomic E-state index is 11.9. The van der Waals surface area contributed by atoms with Gasteiger partial charge in [-0.25, -0.2) is 0 Å². The molecule has 1 amide bonds. The normalized spacial score (nSPS) is 12.1. The van der Waals surface area contributed by atoms with Crippen molar-refractivity contribution in [2.45, 2.75) is 26.2 Å². The number of rotatable bonds is 6. The predicted octanol–water partition coefficient (Wildman–Crippen LogP) is 4.76. The van der Waals surface area contributed by atoms with Gasteiger partial charge >= 0.3 is 0 Å². The fourth-order valence-electron chi connectivity index (χ4n) is 2.23. The van der Waals surface area contributed by atoms with E-state index < -0.39 is 4.92 Å². The Hall–Kier alpha value is -2.95. The van der Waals surface area contributed by atoms with Crippen molar-refractivity contribution in [2.24, 2.45) is 0 Å². The van der Waals surface area contributed by atoms with Crippen LogP contribution in [0.4, 0.5) is 11.4 Å². The summed E-state index contributed by atoms with van der Waals surface area (Å²) in [5.74, 6) is 0.210. The Labute approximate surface area is 141 Å². The molecule has 0 aliphatic rings. The summed E-state index contributed by atoms with van der Waals surface area (Å²) in [4.78, 5) is 22.2. The number of amides is 1. The summed E-state index contributed by atoms with van der Waals surface area (Å²) in [6.07, 6.45) is 3.98. The number of carbonyl (C=O) groups excluding carboxylic acids is 1. The molecule has 0 aliphatic carbocycles. The minimum Gasteiger partial charge on any atom is -0.323 e. The van der Waals surface area contributed by atoms with E-state index in [1.165, 1.54) is 23.8 Å². The Morgan fingerprint density at radius 3 is 2.58 bits per heavy atom. The number of nitrogens with zero attached hydrogens (tertiary/aromatic N) is 1. The van der Waals surface area contributed by atoms with Crippen LogP contribution in [0.25, 0.3) is 6.08 Å². The van der Waals surface area contributed by atoms with Crippen molar-refractivity contribution < 1.29 is 9.72 Å². The maximum atomic E-state index is 11.9. The molecule has 2 aromatic rings. The Kier molecular flexibility index (Phi) is 5.84. The molecule has 0 heterocycles. The molecule has 0 saturated heterocycles. The summed E-state index contributed by atoms with van der Waals surface area (Å²) < 4.78 is 0. The predicted molar refractivity (Wildman–Crippen MR) is 95.9 cm³/mol. The summed E-state index contributed by atoms with van der Waals surface area (Å²) >= 11 is 0. The van der Waals surface area contributed by atoms with E-state index >= 15 is 0 Å². The molecule has 5 heteroatoms. The molecule has 1 atom stereocenters. The van der Waals surface area contributed by atoms with E-state index in [-0.39, 0.29) is 11.6 Å². The van der Waals surface area contributed by atoms with Gasteiger partial charge in [0.15, 0.2) is 0 Å². The third kappa shape index (κ3) is 4.78. The highest BCUT2D eigenvalue weighted by atomic mass is 16.6. The molecule has 2 aromatic carbocycles. The first-order chi connectivity index (χ1) is 11.5. The lowest BCUT2D eigenvalue weighted by molar-refractivity contribution is -0.384. The van der Waals surface area contributed by atoms with Crippen LogP contribution in [0, 0.1) is 10.1 Å². The van der Waals surface area contributed by atoms with Gasteiger partial charge in [0.25, 0.3) is 5.69 Å². The number of nitro benzene ring substituents is 1. The van der Waals surface area contributed by atoms with E-state index in [1.54, 1.807) is 18.2 Å². The fourth-order valence-corrected chi connectivity index (χ4v) is 2.23. The van der Waals surface area contributed by atoms with E-state index in [1.807, 2.05) is 24.3 Å². The zero-order valence-electron chi connectivity index (χ0n) is 13.7. The number of anilines is 1. The largest absolute Gasteiger partial charge is 0.323 e. The summed E-state index contributed by atoms with van der Waals surface area (Å²) in [5, 5.41) is 13.5. The molecular weight excluding hydrogens is 304 g/mol. The zero-order valence-corrected chi connectivity index (χ0v) is 13.7. The molecule has 2 rings (SSSR count). The van der Waals surface area contributed by atoms with Gasteiger partial charge in [-0.15, -0.1) is 0 Å². The Balaban J connectivity index is 2.00. The molecule has 0 radical (unpaired) electrons. The van der Waals surface area contributed by atoms with Gasteiger partial charge in [-0.05, 0) is 41.7 Å². The van der Waals surface area contributed by atoms with Crippen LogP contribution in [0.2, 0.25) is 0 Å². The lowest BCUT2D eigenvalue weighted by atomic mass is 9.99. The highest BCUT2D eigenvalue weighted by Crippen LogP contribution is 2.20. The molecule has 24 heavy (non-hydrogen) atoms. The maximum Gasteiger partial charge on any atom is 0.270 e. The van der Waals surface area contributed by atoms with Gasteiger partial charge in [-0.1, -0.05) is 38.1 Å². The van der Waals surface area contributed by atoms with Crippen molar-refractivity contribution in [2.75, 3.05) is 5.32 Å². The highest BCUT2D eigenvalue weighted by molar-refractivity contribution is 6.01. The Morgan fingerprint density at radius 2 is 1.96 bits per heavy atom. The molecule has 0 aliphatic heterocycles. The van der Waals surface area contributed by atoms with Gasteiger partial charge in [0.2, 0.25) is 5.91 Å². The van der Waals surface area contributed by atoms with E-state index in [2.05, 4.69) is 19.2 Å². The third-order valence-corrected chi connectivity index (χ3v) is 3.87. The van der Waals surface area contributed by atoms with Crippen molar-refractivity contribution >= 4 is 23.4 Å². The number of nitro groups is 1. The molecule has 124 valence electrons. The molecule has 0 fully saturated rings. The molecule has 0 unspecified atom stereocenters. The molecule has 5 nitrogen and oxygen atoms in total. The number of carbonyl (C=O) groups is 1. The third-order valence-electron chi connectivity index (χ3n) is 3.87. The quantitative estimate of drug-likeness (QED) is 0.473. The number of non-ortho nitro benzene ring substituents is 1. The van der Waals surface area contributed by atoms with Crippen molar-refractivity contribution in [3.05, 3.63) is 75.8 Å². The Bertz CT molecular complexity index is 751. The summed E-state index contributed by atoms with van der Waals surface area (Å²) in [5.41, 5.74) is 2.56. The van der Waals surface area contributed by atoms with Gasteiger partial charge in [0.1, 0.15) is 0 Å². The van der Waals surface area contributed by atoms with Gasteiger partial charge in [-0.2, -0.15) is 0 Å². The number of hydrogen-bond donors (Lipinski definition) is 1. The van der Waals surface area contributed by atoms with Crippen LogP contribution in [-0.2, 0) is 4.79 Å². The summed E-state index contributed by atoms with van der Waals surface area (Å²) in [7, 11) is 0. The topological polar surface area (TPSA) is 72.2 Å². The summed E-state index contributed by atoms with van der Waals surface area (Å²) in [6, 6.07) is 13.9. The second-order valence-electron chi connectivity index (χ2n) is 5.61. The van der Waals surface area contributed by atoms with Crippen LogP contribution in [0.1, 0.15) is 37.3 Å². The lowest BCUT2D eigenvalue weighted by Crippen LogP contribution is -2.07. The van der Waals surface area contributed by atoms with Crippen LogP contribution < -0.4 is 5.32 Å².